The molecule has 1 saturated heterocycles. The van der Waals surface area contributed by atoms with Gasteiger partial charge in [-0.2, -0.15) is 13.2 Å². The Labute approximate surface area is 114 Å². The molecule has 1 fully saturated rings. The molecular weight excluding hydrogens is 253 g/mol. The first kappa shape index (κ1) is 16.8. The van der Waals surface area contributed by atoms with Gasteiger partial charge in [-0.1, -0.05) is 6.92 Å². The second-order valence-electron chi connectivity index (χ2n) is 6.22. The summed E-state index contributed by atoms with van der Waals surface area (Å²) in [6.45, 7) is 7.76. The molecule has 5 heteroatoms. The third-order valence-corrected chi connectivity index (χ3v) is 4.68. The van der Waals surface area contributed by atoms with Crippen LogP contribution in [0.3, 0.4) is 0 Å². The molecular formula is C14H27F3N2. The third-order valence-electron chi connectivity index (χ3n) is 4.68. The van der Waals surface area contributed by atoms with Crippen LogP contribution in [0.15, 0.2) is 0 Å². The molecule has 0 aromatic rings. The smallest absolute Gasteiger partial charge is 0.329 e. The standard InChI is InChI=1S/C14H27F3N2/c1-11-6-4-9-19(12(11)2)13(3,10-18)7-5-8-14(15,16)17/h11-12H,4-10,18H2,1-3H3. The van der Waals surface area contributed by atoms with Gasteiger partial charge < -0.3 is 5.73 Å². The maximum atomic E-state index is 12.3. The van der Waals surface area contributed by atoms with Gasteiger partial charge in [-0.3, -0.25) is 4.90 Å². The number of rotatable bonds is 5. The number of nitrogens with zero attached hydrogens (tertiary/aromatic N) is 1. The molecule has 2 nitrogen and oxygen atoms in total. The molecule has 1 rings (SSSR count). The molecule has 0 amide bonds. The summed E-state index contributed by atoms with van der Waals surface area (Å²) in [6, 6.07) is 0.396. The van der Waals surface area contributed by atoms with Crippen LogP contribution < -0.4 is 5.73 Å². The zero-order valence-electron chi connectivity index (χ0n) is 12.3. The molecule has 1 aliphatic heterocycles. The summed E-state index contributed by atoms with van der Waals surface area (Å²) >= 11 is 0. The van der Waals surface area contributed by atoms with Crippen molar-refractivity contribution in [2.75, 3.05) is 13.1 Å². The SMILES string of the molecule is CC1CCCN(C(C)(CN)CCCC(F)(F)F)C1C. The lowest BCUT2D eigenvalue weighted by Gasteiger charge is -2.49. The molecule has 0 aromatic heterocycles. The van der Waals surface area contributed by atoms with E-state index in [1.807, 2.05) is 6.92 Å². The predicted octanol–water partition coefficient (Wildman–Crippen LogP) is 3.56. The van der Waals surface area contributed by atoms with Crippen LogP contribution in [0.2, 0.25) is 0 Å². The zero-order chi connectivity index (χ0) is 14.7. The number of hydrogen-bond acceptors (Lipinski definition) is 2. The highest BCUT2D eigenvalue weighted by atomic mass is 19.4. The first-order valence-electron chi connectivity index (χ1n) is 7.23. The molecule has 1 heterocycles. The van der Waals surface area contributed by atoms with E-state index in [9.17, 15) is 13.2 Å². The molecule has 3 unspecified atom stereocenters. The van der Waals surface area contributed by atoms with Crippen molar-refractivity contribution in [1.29, 1.82) is 0 Å². The lowest BCUT2D eigenvalue weighted by Crippen LogP contribution is -2.58. The van der Waals surface area contributed by atoms with Crippen molar-refractivity contribution in [1.82, 2.24) is 4.90 Å². The molecule has 114 valence electrons. The van der Waals surface area contributed by atoms with Crippen molar-refractivity contribution >= 4 is 0 Å². The molecule has 0 radical (unpaired) electrons. The first-order chi connectivity index (χ1) is 8.69. The summed E-state index contributed by atoms with van der Waals surface area (Å²) in [5.74, 6) is 0.585. The van der Waals surface area contributed by atoms with E-state index in [1.165, 1.54) is 6.42 Å². The summed E-state index contributed by atoms with van der Waals surface area (Å²) in [5.41, 5.74) is 5.57. The van der Waals surface area contributed by atoms with E-state index < -0.39 is 12.6 Å². The van der Waals surface area contributed by atoms with Gasteiger partial charge in [0.15, 0.2) is 0 Å². The van der Waals surface area contributed by atoms with Crippen LogP contribution in [0.5, 0.6) is 0 Å². The average molecular weight is 280 g/mol. The van der Waals surface area contributed by atoms with Gasteiger partial charge in [0.1, 0.15) is 0 Å². The third kappa shape index (κ3) is 4.63. The van der Waals surface area contributed by atoms with Crippen molar-refractivity contribution in [3.63, 3.8) is 0 Å². The fraction of sp³-hybridized carbons (Fsp3) is 1.00. The monoisotopic (exact) mass is 280 g/mol. The molecule has 0 bridgehead atoms. The van der Waals surface area contributed by atoms with E-state index in [4.69, 9.17) is 5.73 Å². The molecule has 0 saturated carbocycles. The fourth-order valence-corrected chi connectivity index (χ4v) is 3.13. The largest absolute Gasteiger partial charge is 0.389 e. The molecule has 0 aromatic carbocycles. The number of likely N-dealkylation sites (tertiary alicyclic amines) is 1. The van der Waals surface area contributed by atoms with Crippen LogP contribution in [0.4, 0.5) is 13.2 Å². The molecule has 2 N–H and O–H groups in total. The maximum Gasteiger partial charge on any atom is 0.389 e. The highest BCUT2D eigenvalue weighted by molar-refractivity contribution is 4.93. The van der Waals surface area contributed by atoms with E-state index in [0.29, 0.717) is 24.9 Å². The Morgan fingerprint density at radius 2 is 1.84 bits per heavy atom. The Morgan fingerprint density at radius 1 is 1.21 bits per heavy atom. The molecule has 3 atom stereocenters. The van der Waals surface area contributed by atoms with E-state index in [2.05, 4.69) is 18.7 Å². The number of nitrogens with two attached hydrogens (primary N) is 1. The summed E-state index contributed by atoms with van der Waals surface area (Å²) in [6.07, 6.45) is -1.78. The van der Waals surface area contributed by atoms with E-state index in [0.717, 1.165) is 13.0 Å². The van der Waals surface area contributed by atoms with Crippen molar-refractivity contribution in [2.45, 2.75) is 70.6 Å². The Hall–Kier alpha value is -0.290. The first-order valence-corrected chi connectivity index (χ1v) is 7.23. The van der Waals surface area contributed by atoms with Crippen LogP contribution in [-0.4, -0.2) is 35.7 Å². The van der Waals surface area contributed by atoms with Crippen LogP contribution in [0, 0.1) is 5.92 Å². The maximum absolute atomic E-state index is 12.3. The number of halogens is 3. The summed E-state index contributed by atoms with van der Waals surface area (Å²) in [5, 5.41) is 0. The number of alkyl halides is 3. The minimum Gasteiger partial charge on any atom is -0.329 e. The van der Waals surface area contributed by atoms with Crippen LogP contribution in [0.1, 0.15) is 52.9 Å². The van der Waals surface area contributed by atoms with Gasteiger partial charge in [0.2, 0.25) is 0 Å². The molecule has 19 heavy (non-hydrogen) atoms. The summed E-state index contributed by atoms with van der Waals surface area (Å²) in [7, 11) is 0. The van der Waals surface area contributed by atoms with E-state index in [1.54, 1.807) is 0 Å². The quantitative estimate of drug-likeness (QED) is 0.834. The molecule has 0 aliphatic carbocycles. The molecule has 1 aliphatic rings. The van der Waals surface area contributed by atoms with Gasteiger partial charge >= 0.3 is 6.18 Å². The average Bonchev–Trinajstić information content (AvgIpc) is 2.30. The number of hydrogen-bond donors (Lipinski definition) is 1. The van der Waals surface area contributed by atoms with Crippen molar-refractivity contribution in [3.05, 3.63) is 0 Å². The second-order valence-corrected chi connectivity index (χ2v) is 6.22. The Kier molecular flexibility index (Phi) is 5.68. The van der Waals surface area contributed by atoms with Gasteiger partial charge in [-0.05, 0) is 52.0 Å². The van der Waals surface area contributed by atoms with Gasteiger partial charge in [-0.15, -0.1) is 0 Å². The highest BCUT2D eigenvalue weighted by Gasteiger charge is 2.38. The Bertz CT molecular complexity index is 280. The van der Waals surface area contributed by atoms with Gasteiger partial charge in [-0.25, -0.2) is 0 Å². The Balaban J connectivity index is 2.62. The Morgan fingerprint density at radius 3 is 2.37 bits per heavy atom. The fourth-order valence-electron chi connectivity index (χ4n) is 3.13. The van der Waals surface area contributed by atoms with Crippen LogP contribution in [-0.2, 0) is 0 Å². The topological polar surface area (TPSA) is 29.3 Å². The minimum absolute atomic E-state index is 0.162. The van der Waals surface area contributed by atoms with Gasteiger partial charge in [0, 0.05) is 24.5 Å². The zero-order valence-corrected chi connectivity index (χ0v) is 12.3. The lowest BCUT2D eigenvalue weighted by molar-refractivity contribution is -0.137. The highest BCUT2D eigenvalue weighted by Crippen LogP contribution is 2.33. The van der Waals surface area contributed by atoms with Crippen molar-refractivity contribution in [2.24, 2.45) is 11.7 Å². The normalized spacial score (nSPS) is 29.2. The summed E-state index contributed by atoms with van der Waals surface area (Å²) < 4.78 is 36.8. The predicted molar refractivity (Wildman–Crippen MR) is 71.9 cm³/mol. The second kappa shape index (κ2) is 6.44. The van der Waals surface area contributed by atoms with Crippen LogP contribution >= 0.6 is 0 Å². The number of piperidine rings is 1. The van der Waals surface area contributed by atoms with E-state index >= 15 is 0 Å². The minimum atomic E-state index is -4.06. The van der Waals surface area contributed by atoms with Crippen molar-refractivity contribution in [3.8, 4) is 0 Å². The van der Waals surface area contributed by atoms with E-state index in [-0.39, 0.29) is 12.0 Å². The lowest BCUT2D eigenvalue weighted by atomic mass is 9.84. The summed E-state index contributed by atoms with van der Waals surface area (Å²) in [4.78, 5) is 2.33. The van der Waals surface area contributed by atoms with Crippen molar-refractivity contribution < 1.29 is 13.2 Å². The van der Waals surface area contributed by atoms with Gasteiger partial charge in [0.05, 0.1) is 0 Å². The van der Waals surface area contributed by atoms with Gasteiger partial charge in [0.25, 0.3) is 0 Å². The van der Waals surface area contributed by atoms with Crippen LogP contribution in [0.25, 0.3) is 0 Å². The molecule has 0 spiro atoms.